The lowest BCUT2D eigenvalue weighted by atomic mass is 10.2. The third-order valence-corrected chi connectivity index (χ3v) is 5.28. The first kappa shape index (κ1) is 16.1. The number of benzene rings is 2. The molecule has 3 rings (SSSR count). The first-order valence-corrected chi connectivity index (χ1v) is 8.78. The van der Waals surface area contributed by atoms with Crippen LogP contribution in [0.5, 0.6) is 0 Å². The van der Waals surface area contributed by atoms with Crippen molar-refractivity contribution in [2.24, 2.45) is 7.05 Å². The van der Waals surface area contributed by atoms with Gasteiger partial charge in [-0.1, -0.05) is 35.9 Å². The number of hydrogen-bond donors (Lipinski definition) is 0. The highest BCUT2D eigenvalue weighted by Gasteiger charge is 2.26. The molecule has 0 saturated carbocycles. The van der Waals surface area contributed by atoms with Gasteiger partial charge in [0.15, 0.2) is 5.82 Å². The number of sulfonamides is 1. The molecule has 0 aliphatic heterocycles. The van der Waals surface area contributed by atoms with E-state index >= 15 is 0 Å². The van der Waals surface area contributed by atoms with Crippen LogP contribution in [0.25, 0.3) is 0 Å². The monoisotopic (exact) mass is 343 g/mol. The van der Waals surface area contributed by atoms with Gasteiger partial charge in [0, 0.05) is 0 Å². The van der Waals surface area contributed by atoms with Crippen molar-refractivity contribution in [2.45, 2.75) is 18.4 Å². The van der Waals surface area contributed by atoms with Crippen LogP contribution < -0.4 is 4.31 Å². The Kier molecular flexibility index (Phi) is 4.30. The highest BCUT2D eigenvalue weighted by atomic mass is 32.2. The molecule has 0 unspecified atom stereocenters. The number of tetrazole rings is 1. The number of para-hydroxylation sites is 1. The van der Waals surface area contributed by atoms with E-state index in [2.05, 4.69) is 15.4 Å². The molecule has 3 aromatic rings. The van der Waals surface area contributed by atoms with Gasteiger partial charge in [-0.15, -0.1) is 10.2 Å². The van der Waals surface area contributed by atoms with E-state index in [1.54, 1.807) is 55.6 Å². The fraction of sp³-hybridized carbons (Fsp3) is 0.188. The van der Waals surface area contributed by atoms with Crippen LogP contribution in [0.3, 0.4) is 0 Å². The zero-order chi connectivity index (χ0) is 17.2. The fourth-order valence-electron chi connectivity index (χ4n) is 2.26. The molecular formula is C16H17N5O2S. The van der Waals surface area contributed by atoms with Gasteiger partial charge >= 0.3 is 0 Å². The van der Waals surface area contributed by atoms with Gasteiger partial charge in [0.05, 0.1) is 24.2 Å². The smallest absolute Gasteiger partial charge is 0.259 e. The Morgan fingerprint density at radius 2 is 1.71 bits per heavy atom. The van der Waals surface area contributed by atoms with Crippen molar-refractivity contribution < 1.29 is 8.42 Å². The number of anilines is 1. The van der Waals surface area contributed by atoms with E-state index in [9.17, 15) is 8.42 Å². The lowest BCUT2D eigenvalue weighted by molar-refractivity contribution is 0.588. The molecular weight excluding hydrogens is 326 g/mol. The maximum Gasteiger partial charge on any atom is 0.264 e. The second-order valence-electron chi connectivity index (χ2n) is 5.36. The van der Waals surface area contributed by atoms with E-state index in [0.717, 1.165) is 5.56 Å². The molecule has 0 spiro atoms. The molecule has 0 radical (unpaired) electrons. The molecule has 0 fully saturated rings. The van der Waals surface area contributed by atoms with Gasteiger partial charge in [-0.25, -0.2) is 8.42 Å². The Morgan fingerprint density at radius 3 is 2.29 bits per heavy atom. The molecule has 0 atom stereocenters. The summed E-state index contributed by atoms with van der Waals surface area (Å²) in [6, 6.07) is 15.6. The maximum absolute atomic E-state index is 13.1. The summed E-state index contributed by atoms with van der Waals surface area (Å²) in [5, 5.41) is 11.7. The highest BCUT2D eigenvalue weighted by Crippen LogP contribution is 2.25. The topological polar surface area (TPSA) is 81.0 Å². The van der Waals surface area contributed by atoms with Crippen LogP contribution in [0.4, 0.5) is 5.69 Å². The number of rotatable bonds is 5. The van der Waals surface area contributed by atoms with Crippen molar-refractivity contribution >= 4 is 15.7 Å². The average Bonchev–Trinajstić information content (AvgIpc) is 2.99. The van der Waals surface area contributed by atoms with Crippen LogP contribution in [-0.4, -0.2) is 28.6 Å². The number of nitrogens with zero attached hydrogens (tertiary/aromatic N) is 5. The van der Waals surface area contributed by atoms with Crippen molar-refractivity contribution in [3.8, 4) is 0 Å². The Balaban J connectivity index is 2.05. The van der Waals surface area contributed by atoms with Gasteiger partial charge in [-0.3, -0.25) is 4.31 Å². The zero-order valence-electron chi connectivity index (χ0n) is 13.4. The molecule has 1 heterocycles. The average molecular weight is 343 g/mol. The fourth-order valence-corrected chi connectivity index (χ4v) is 3.68. The van der Waals surface area contributed by atoms with Gasteiger partial charge in [-0.2, -0.15) is 4.80 Å². The van der Waals surface area contributed by atoms with Crippen LogP contribution in [0, 0.1) is 6.92 Å². The predicted octanol–water partition coefficient (Wildman–Crippen LogP) is 1.91. The van der Waals surface area contributed by atoms with E-state index in [0.29, 0.717) is 11.5 Å². The first-order valence-electron chi connectivity index (χ1n) is 7.34. The Morgan fingerprint density at radius 1 is 1.04 bits per heavy atom. The lowest BCUT2D eigenvalue weighted by Gasteiger charge is -2.23. The molecule has 24 heavy (non-hydrogen) atoms. The quantitative estimate of drug-likeness (QED) is 0.707. The SMILES string of the molecule is Cc1ccc(S(=O)(=O)N(Cc2nnn(C)n2)c2ccccc2)cc1. The molecule has 7 nitrogen and oxygen atoms in total. The van der Waals surface area contributed by atoms with E-state index in [4.69, 9.17) is 0 Å². The standard InChI is InChI=1S/C16H17N5O2S/c1-13-8-10-15(11-9-13)24(22,23)21(14-6-4-3-5-7-14)12-16-17-19-20(2)18-16/h3-11H,12H2,1-2H3. The minimum absolute atomic E-state index is 0.00800. The van der Waals surface area contributed by atoms with Crippen LogP contribution in [0.15, 0.2) is 59.5 Å². The summed E-state index contributed by atoms with van der Waals surface area (Å²) >= 11 is 0. The van der Waals surface area contributed by atoms with Gasteiger partial charge in [0.1, 0.15) is 0 Å². The molecule has 8 heteroatoms. The molecule has 124 valence electrons. The Labute approximate surface area is 140 Å². The third-order valence-electron chi connectivity index (χ3n) is 3.49. The molecule has 1 aromatic heterocycles. The summed E-state index contributed by atoms with van der Waals surface area (Å²) in [5.41, 5.74) is 1.54. The summed E-state index contributed by atoms with van der Waals surface area (Å²) in [5.74, 6) is 0.331. The summed E-state index contributed by atoms with van der Waals surface area (Å²) < 4.78 is 27.5. The van der Waals surface area contributed by atoms with Crippen LogP contribution in [0.2, 0.25) is 0 Å². The van der Waals surface area contributed by atoms with Gasteiger partial charge in [0.2, 0.25) is 0 Å². The van der Waals surface area contributed by atoms with Crippen molar-refractivity contribution in [1.82, 2.24) is 20.2 Å². The minimum Gasteiger partial charge on any atom is -0.259 e. The maximum atomic E-state index is 13.1. The van der Waals surface area contributed by atoms with Crippen molar-refractivity contribution in [3.05, 3.63) is 66.0 Å². The Hall–Kier alpha value is -2.74. The summed E-state index contributed by atoms with van der Waals surface area (Å²) in [6.07, 6.45) is 0. The van der Waals surface area contributed by atoms with Crippen LogP contribution in [-0.2, 0) is 23.6 Å². The summed E-state index contributed by atoms with van der Waals surface area (Å²) in [7, 11) is -2.11. The van der Waals surface area contributed by atoms with E-state index in [1.807, 2.05) is 13.0 Å². The van der Waals surface area contributed by atoms with Gasteiger partial charge < -0.3 is 0 Å². The minimum atomic E-state index is -3.74. The molecule has 0 aliphatic carbocycles. The molecule has 2 aromatic carbocycles. The zero-order valence-corrected chi connectivity index (χ0v) is 14.2. The summed E-state index contributed by atoms with van der Waals surface area (Å²) in [6.45, 7) is 1.92. The normalized spacial score (nSPS) is 11.4. The molecule has 0 bridgehead atoms. The van der Waals surface area contributed by atoms with E-state index < -0.39 is 10.0 Å². The lowest BCUT2D eigenvalue weighted by Crippen LogP contribution is -2.31. The van der Waals surface area contributed by atoms with Crippen molar-refractivity contribution in [2.75, 3.05) is 4.31 Å². The van der Waals surface area contributed by atoms with Crippen LogP contribution >= 0.6 is 0 Å². The molecule has 0 aliphatic rings. The largest absolute Gasteiger partial charge is 0.264 e. The Bertz CT molecular complexity index is 921. The molecule has 0 amide bonds. The van der Waals surface area contributed by atoms with E-state index in [1.165, 1.54) is 9.10 Å². The van der Waals surface area contributed by atoms with Crippen molar-refractivity contribution in [3.63, 3.8) is 0 Å². The second kappa shape index (κ2) is 6.40. The molecule has 0 N–H and O–H groups in total. The third kappa shape index (κ3) is 3.28. The summed E-state index contributed by atoms with van der Waals surface area (Å²) in [4.78, 5) is 1.53. The van der Waals surface area contributed by atoms with Gasteiger partial charge in [-0.05, 0) is 36.4 Å². The number of hydrogen-bond acceptors (Lipinski definition) is 5. The first-order chi connectivity index (χ1) is 11.5. The highest BCUT2D eigenvalue weighted by molar-refractivity contribution is 7.92. The number of aryl methyl sites for hydroxylation is 2. The van der Waals surface area contributed by atoms with Crippen LogP contribution in [0.1, 0.15) is 11.4 Å². The number of aromatic nitrogens is 4. The second-order valence-corrected chi connectivity index (χ2v) is 7.22. The predicted molar refractivity (Wildman–Crippen MR) is 89.8 cm³/mol. The van der Waals surface area contributed by atoms with Crippen molar-refractivity contribution in [1.29, 1.82) is 0 Å². The van der Waals surface area contributed by atoms with E-state index in [-0.39, 0.29) is 11.4 Å². The molecule has 0 saturated heterocycles. The van der Waals surface area contributed by atoms with Gasteiger partial charge in [0.25, 0.3) is 10.0 Å².